The number of furan rings is 1. The number of nitrogens with zero attached hydrogens (tertiary/aromatic N) is 1. The summed E-state index contributed by atoms with van der Waals surface area (Å²) in [7, 11) is 0. The third-order valence-corrected chi connectivity index (χ3v) is 11.5. The monoisotopic (exact) mass is 739 g/mol. The minimum absolute atomic E-state index is 0.889. The molecule has 2 heteroatoms. The highest BCUT2D eigenvalue weighted by Gasteiger charge is 2.19. The first-order valence-corrected chi connectivity index (χ1v) is 19.8. The first kappa shape index (κ1) is 33.6. The summed E-state index contributed by atoms with van der Waals surface area (Å²) < 4.78 is 6.52. The van der Waals surface area contributed by atoms with Gasteiger partial charge in [0, 0.05) is 33.1 Å². The number of benzene rings is 10. The van der Waals surface area contributed by atoms with Crippen LogP contribution in [0.1, 0.15) is 0 Å². The maximum atomic E-state index is 6.52. The molecule has 11 rings (SSSR count). The average Bonchev–Trinajstić information content (AvgIpc) is 3.69. The minimum atomic E-state index is 0.889. The lowest BCUT2D eigenvalue weighted by Gasteiger charge is -2.28. The van der Waals surface area contributed by atoms with E-state index in [2.05, 4.69) is 229 Å². The Morgan fingerprint density at radius 1 is 0.293 bits per heavy atom. The van der Waals surface area contributed by atoms with Gasteiger partial charge in [-0.3, -0.25) is 0 Å². The molecule has 0 atom stereocenters. The van der Waals surface area contributed by atoms with Crippen molar-refractivity contribution < 1.29 is 4.42 Å². The van der Waals surface area contributed by atoms with Crippen molar-refractivity contribution in [3.05, 3.63) is 224 Å². The van der Waals surface area contributed by atoms with Crippen LogP contribution in [0, 0.1) is 0 Å². The zero-order valence-electron chi connectivity index (χ0n) is 31.7. The molecule has 1 aromatic heterocycles. The minimum Gasteiger partial charge on any atom is -0.455 e. The second kappa shape index (κ2) is 14.1. The molecule has 0 bridgehead atoms. The van der Waals surface area contributed by atoms with Crippen molar-refractivity contribution in [2.75, 3.05) is 4.90 Å². The van der Waals surface area contributed by atoms with Gasteiger partial charge in [0.25, 0.3) is 0 Å². The third-order valence-electron chi connectivity index (χ3n) is 11.5. The Bertz CT molecular complexity index is 3260. The van der Waals surface area contributed by atoms with Crippen LogP contribution in [0.3, 0.4) is 0 Å². The van der Waals surface area contributed by atoms with Gasteiger partial charge in [-0.15, -0.1) is 0 Å². The summed E-state index contributed by atoms with van der Waals surface area (Å²) in [6, 6.07) is 80.7. The summed E-state index contributed by atoms with van der Waals surface area (Å²) >= 11 is 0. The fourth-order valence-electron chi connectivity index (χ4n) is 8.59. The molecule has 11 aromatic rings. The molecule has 0 spiro atoms. The molecule has 0 radical (unpaired) electrons. The lowest BCUT2D eigenvalue weighted by molar-refractivity contribution is 0.672. The Morgan fingerprint density at radius 2 is 0.845 bits per heavy atom. The predicted molar refractivity (Wildman–Crippen MR) is 245 cm³/mol. The molecule has 2 nitrogen and oxygen atoms in total. The van der Waals surface area contributed by atoms with Gasteiger partial charge in [-0.25, -0.2) is 0 Å². The van der Waals surface area contributed by atoms with Crippen LogP contribution in [0.25, 0.3) is 88.0 Å². The molecule has 0 saturated heterocycles. The van der Waals surface area contributed by atoms with E-state index in [0.29, 0.717) is 0 Å². The summed E-state index contributed by atoms with van der Waals surface area (Å²) in [6.45, 7) is 0. The first-order valence-electron chi connectivity index (χ1n) is 19.8. The van der Waals surface area contributed by atoms with Gasteiger partial charge in [0.05, 0.1) is 5.69 Å². The molecule has 58 heavy (non-hydrogen) atoms. The number of hydrogen-bond donors (Lipinski definition) is 0. The topological polar surface area (TPSA) is 16.4 Å². The fraction of sp³-hybridized carbons (Fsp3) is 0. The second-order valence-electron chi connectivity index (χ2n) is 14.9. The summed E-state index contributed by atoms with van der Waals surface area (Å²) in [5, 5.41) is 7.04. The molecule has 0 aliphatic carbocycles. The molecule has 0 fully saturated rings. The van der Waals surface area contributed by atoms with Gasteiger partial charge in [0.2, 0.25) is 0 Å². The quantitative estimate of drug-likeness (QED) is 0.162. The molecule has 0 N–H and O–H groups in total. The van der Waals surface area contributed by atoms with Crippen molar-refractivity contribution in [2.45, 2.75) is 0 Å². The number of fused-ring (bicyclic) bond motifs is 6. The van der Waals surface area contributed by atoms with Crippen LogP contribution in [-0.2, 0) is 0 Å². The molecule has 0 aliphatic heterocycles. The Kier molecular flexibility index (Phi) is 8.19. The van der Waals surface area contributed by atoms with E-state index in [-0.39, 0.29) is 0 Å². The lowest BCUT2D eigenvalue weighted by Crippen LogP contribution is -2.11. The van der Waals surface area contributed by atoms with Gasteiger partial charge in [-0.2, -0.15) is 0 Å². The van der Waals surface area contributed by atoms with Crippen molar-refractivity contribution in [1.29, 1.82) is 0 Å². The lowest BCUT2D eigenvalue weighted by atomic mass is 9.97. The SMILES string of the molecule is c1ccc(-c2cccc(-c3ccc(N(c4ccc(-c5cccc6ccccc56)cc4)c4ccccc4-c4ccc5oc6c7ccccc7ccc6c5c4)cc3)c2)cc1. The van der Waals surface area contributed by atoms with Crippen LogP contribution in [0.15, 0.2) is 229 Å². The zero-order chi connectivity index (χ0) is 38.4. The van der Waals surface area contributed by atoms with Crippen molar-refractivity contribution in [3.8, 4) is 44.5 Å². The number of para-hydroxylation sites is 1. The van der Waals surface area contributed by atoms with E-state index in [1.165, 1.54) is 49.5 Å². The van der Waals surface area contributed by atoms with E-state index < -0.39 is 0 Å². The molecule has 0 aliphatic rings. The van der Waals surface area contributed by atoms with Gasteiger partial charge in [-0.05, 0) is 110 Å². The van der Waals surface area contributed by atoms with Crippen LogP contribution < -0.4 is 4.90 Å². The van der Waals surface area contributed by atoms with E-state index in [1.807, 2.05) is 0 Å². The predicted octanol–water partition coefficient (Wildman–Crippen LogP) is 16.0. The Balaban J connectivity index is 1.04. The van der Waals surface area contributed by atoms with Gasteiger partial charge in [0.15, 0.2) is 0 Å². The van der Waals surface area contributed by atoms with Crippen molar-refractivity contribution in [1.82, 2.24) is 0 Å². The third kappa shape index (κ3) is 5.91. The fourth-order valence-corrected chi connectivity index (χ4v) is 8.59. The van der Waals surface area contributed by atoms with E-state index in [1.54, 1.807) is 0 Å². The Labute approximate surface area is 337 Å². The summed E-state index contributed by atoms with van der Waals surface area (Å²) in [6.07, 6.45) is 0. The molecular formula is C56H37NO. The smallest absolute Gasteiger partial charge is 0.143 e. The number of anilines is 3. The highest BCUT2D eigenvalue weighted by atomic mass is 16.3. The number of hydrogen-bond acceptors (Lipinski definition) is 2. The summed E-state index contributed by atoms with van der Waals surface area (Å²) in [5.41, 5.74) is 14.5. The van der Waals surface area contributed by atoms with Gasteiger partial charge >= 0.3 is 0 Å². The maximum Gasteiger partial charge on any atom is 0.143 e. The van der Waals surface area contributed by atoms with Crippen LogP contribution in [0.2, 0.25) is 0 Å². The van der Waals surface area contributed by atoms with Crippen LogP contribution in [-0.4, -0.2) is 0 Å². The van der Waals surface area contributed by atoms with Crippen molar-refractivity contribution >= 4 is 60.5 Å². The molecule has 1 heterocycles. The Hall–Kier alpha value is -7.68. The maximum absolute atomic E-state index is 6.52. The normalized spacial score (nSPS) is 11.4. The highest BCUT2D eigenvalue weighted by Crippen LogP contribution is 2.44. The molecule has 0 saturated carbocycles. The Morgan fingerprint density at radius 3 is 1.62 bits per heavy atom. The molecule has 0 amide bonds. The van der Waals surface area contributed by atoms with Crippen LogP contribution in [0.4, 0.5) is 17.1 Å². The van der Waals surface area contributed by atoms with E-state index >= 15 is 0 Å². The van der Waals surface area contributed by atoms with Crippen molar-refractivity contribution in [3.63, 3.8) is 0 Å². The van der Waals surface area contributed by atoms with Gasteiger partial charge in [-0.1, -0.05) is 170 Å². The van der Waals surface area contributed by atoms with E-state index in [9.17, 15) is 0 Å². The van der Waals surface area contributed by atoms with Crippen molar-refractivity contribution in [2.24, 2.45) is 0 Å². The highest BCUT2D eigenvalue weighted by molar-refractivity contribution is 6.15. The second-order valence-corrected chi connectivity index (χ2v) is 14.9. The largest absolute Gasteiger partial charge is 0.455 e. The van der Waals surface area contributed by atoms with E-state index in [4.69, 9.17) is 4.42 Å². The standard InChI is InChI=1S/C56H37NO/c1-2-12-38(13-3-1)43-17-10-18-44(36-43)39-24-30-46(31-25-39)57(47-32-26-42(27-33-47)49-22-11-16-40-14-4-6-19-48(40)49)54-23-9-8-20-50(54)45-29-35-55-53(37-45)52-34-28-41-15-5-7-21-51(41)56(52)58-55/h1-37H. The first-order chi connectivity index (χ1) is 28.7. The van der Waals surface area contributed by atoms with Gasteiger partial charge in [0.1, 0.15) is 11.2 Å². The average molecular weight is 740 g/mol. The zero-order valence-corrected chi connectivity index (χ0v) is 31.7. The molecule has 0 unspecified atom stereocenters. The van der Waals surface area contributed by atoms with Gasteiger partial charge < -0.3 is 9.32 Å². The summed E-state index contributed by atoms with van der Waals surface area (Å²) in [4.78, 5) is 2.39. The number of rotatable bonds is 7. The molecule has 272 valence electrons. The summed E-state index contributed by atoms with van der Waals surface area (Å²) in [5.74, 6) is 0. The molecular weight excluding hydrogens is 703 g/mol. The van der Waals surface area contributed by atoms with E-state index in [0.717, 1.165) is 55.5 Å². The molecule has 10 aromatic carbocycles. The van der Waals surface area contributed by atoms with Crippen LogP contribution in [0.5, 0.6) is 0 Å². The van der Waals surface area contributed by atoms with Crippen LogP contribution >= 0.6 is 0 Å².